The first kappa shape index (κ1) is 12.3. The lowest BCUT2D eigenvalue weighted by molar-refractivity contribution is -0.142. The molecule has 0 unspecified atom stereocenters. The van der Waals surface area contributed by atoms with E-state index < -0.39 is 11.4 Å². The second kappa shape index (κ2) is 4.61. The van der Waals surface area contributed by atoms with Gasteiger partial charge in [0, 0.05) is 12.4 Å². The molecule has 0 aliphatic heterocycles. The van der Waals surface area contributed by atoms with E-state index in [0.29, 0.717) is 0 Å². The Kier molecular flexibility index (Phi) is 3.15. The van der Waals surface area contributed by atoms with Crippen molar-refractivity contribution in [3.8, 4) is 11.1 Å². The summed E-state index contributed by atoms with van der Waals surface area (Å²) in [4.78, 5) is 15.1. The largest absolute Gasteiger partial charge is 0.481 e. The zero-order chi connectivity index (χ0) is 13.2. The number of carboxylic acids is 1. The van der Waals surface area contributed by atoms with Gasteiger partial charge < -0.3 is 5.11 Å². The molecule has 0 aliphatic rings. The molecule has 0 atom stereocenters. The summed E-state index contributed by atoms with van der Waals surface area (Å²) in [6.07, 6.45) is 3.48. The number of carboxylic acid groups (broad SMARTS) is 1. The number of aliphatic carboxylic acids is 1. The van der Waals surface area contributed by atoms with Gasteiger partial charge >= 0.3 is 5.97 Å². The number of pyridine rings is 1. The molecule has 3 nitrogen and oxygen atoms in total. The quantitative estimate of drug-likeness (QED) is 0.898. The van der Waals surface area contributed by atoms with Gasteiger partial charge in [-0.3, -0.25) is 9.78 Å². The lowest BCUT2D eigenvalue weighted by Gasteiger charge is -2.19. The molecule has 3 heteroatoms. The van der Waals surface area contributed by atoms with Crippen LogP contribution < -0.4 is 0 Å². The molecule has 0 amide bonds. The summed E-state index contributed by atoms with van der Waals surface area (Å²) in [5, 5.41) is 9.17. The minimum atomic E-state index is -0.864. The number of benzene rings is 1. The Morgan fingerprint density at radius 1 is 1.00 bits per heavy atom. The molecule has 18 heavy (non-hydrogen) atoms. The van der Waals surface area contributed by atoms with Crippen LogP contribution in [0.15, 0.2) is 48.8 Å². The lowest BCUT2D eigenvalue weighted by atomic mass is 9.84. The highest BCUT2D eigenvalue weighted by Crippen LogP contribution is 2.26. The van der Waals surface area contributed by atoms with Gasteiger partial charge in [0.05, 0.1) is 5.41 Å². The summed E-state index contributed by atoms with van der Waals surface area (Å²) >= 11 is 0. The maximum atomic E-state index is 11.2. The average molecular weight is 241 g/mol. The van der Waals surface area contributed by atoms with Crippen molar-refractivity contribution >= 4 is 5.97 Å². The molecular weight excluding hydrogens is 226 g/mol. The third-order valence-corrected chi connectivity index (χ3v) is 3.15. The molecule has 0 saturated carbocycles. The van der Waals surface area contributed by atoms with Crippen molar-refractivity contribution in [2.75, 3.05) is 0 Å². The Hall–Kier alpha value is -2.16. The van der Waals surface area contributed by atoms with E-state index in [1.807, 2.05) is 36.4 Å². The van der Waals surface area contributed by atoms with Crippen LogP contribution in [-0.4, -0.2) is 16.1 Å². The molecule has 1 aromatic heterocycles. The van der Waals surface area contributed by atoms with Gasteiger partial charge in [-0.2, -0.15) is 0 Å². The molecule has 0 fully saturated rings. The minimum absolute atomic E-state index is 0.799. The van der Waals surface area contributed by atoms with Crippen LogP contribution in [0.1, 0.15) is 19.4 Å². The van der Waals surface area contributed by atoms with Crippen molar-refractivity contribution in [2.45, 2.75) is 19.3 Å². The fourth-order valence-corrected chi connectivity index (χ4v) is 1.75. The maximum absolute atomic E-state index is 11.2. The fraction of sp³-hybridized carbons (Fsp3) is 0.200. The normalized spacial score (nSPS) is 11.2. The number of carbonyl (C=O) groups is 1. The van der Waals surface area contributed by atoms with Crippen molar-refractivity contribution in [3.05, 3.63) is 54.4 Å². The predicted molar refractivity (Wildman–Crippen MR) is 70.3 cm³/mol. The van der Waals surface area contributed by atoms with E-state index in [1.165, 1.54) is 0 Å². The molecule has 1 N–H and O–H groups in total. The molecule has 1 aromatic carbocycles. The summed E-state index contributed by atoms with van der Waals surface area (Å²) in [5.74, 6) is -0.820. The van der Waals surface area contributed by atoms with Crippen LogP contribution in [0.5, 0.6) is 0 Å². The molecule has 0 radical (unpaired) electrons. The van der Waals surface area contributed by atoms with Gasteiger partial charge in [-0.25, -0.2) is 0 Å². The summed E-state index contributed by atoms with van der Waals surface area (Å²) in [6, 6.07) is 11.5. The molecule has 92 valence electrons. The van der Waals surface area contributed by atoms with E-state index in [1.54, 1.807) is 26.2 Å². The van der Waals surface area contributed by atoms with Crippen molar-refractivity contribution < 1.29 is 9.90 Å². The van der Waals surface area contributed by atoms with Gasteiger partial charge in [0.15, 0.2) is 0 Å². The van der Waals surface area contributed by atoms with E-state index in [9.17, 15) is 9.90 Å². The monoisotopic (exact) mass is 241 g/mol. The topological polar surface area (TPSA) is 50.2 Å². The molecule has 0 saturated heterocycles. The molecule has 0 bridgehead atoms. The summed E-state index contributed by atoms with van der Waals surface area (Å²) < 4.78 is 0. The highest BCUT2D eigenvalue weighted by Gasteiger charge is 2.29. The van der Waals surface area contributed by atoms with Crippen LogP contribution >= 0.6 is 0 Å². The van der Waals surface area contributed by atoms with Crippen LogP contribution in [0.25, 0.3) is 11.1 Å². The zero-order valence-corrected chi connectivity index (χ0v) is 10.4. The first-order chi connectivity index (χ1) is 8.51. The summed E-state index contributed by atoms with van der Waals surface area (Å²) in [6.45, 7) is 3.41. The Labute approximate surface area is 106 Å². The van der Waals surface area contributed by atoms with E-state index in [2.05, 4.69) is 4.98 Å². The van der Waals surface area contributed by atoms with Gasteiger partial charge in [-0.1, -0.05) is 24.3 Å². The fourth-order valence-electron chi connectivity index (χ4n) is 1.75. The molecule has 1 heterocycles. The number of nitrogens with zero attached hydrogens (tertiary/aromatic N) is 1. The smallest absolute Gasteiger partial charge is 0.313 e. The second-order valence-corrected chi connectivity index (χ2v) is 4.74. The number of rotatable bonds is 3. The number of hydrogen-bond acceptors (Lipinski definition) is 2. The van der Waals surface area contributed by atoms with E-state index in [0.717, 1.165) is 16.7 Å². The van der Waals surface area contributed by atoms with Crippen molar-refractivity contribution in [2.24, 2.45) is 0 Å². The van der Waals surface area contributed by atoms with Gasteiger partial charge in [0.25, 0.3) is 0 Å². The van der Waals surface area contributed by atoms with E-state index >= 15 is 0 Å². The third-order valence-electron chi connectivity index (χ3n) is 3.15. The first-order valence-corrected chi connectivity index (χ1v) is 5.76. The van der Waals surface area contributed by atoms with Gasteiger partial charge in [0.1, 0.15) is 0 Å². The van der Waals surface area contributed by atoms with Crippen LogP contribution in [0.3, 0.4) is 0 Å². The number of aromatic nitrogens is 1. The Morgan fingerprint density at radius 3 is 2.00 bits per heavy atom. The Bertz CT molecular complexity index is 544. The minimum Gasteiger partial charge on any atom is -0.481 e. The number of hydrogen-bond donors (Lipinski definition) is 1. The molecule has 0 aliphatic carbocycles. The van der Waals surface area contributed by atoms with Crippen LogP contribution in [0.4, 0.5) is 0 Å². The van der Waals surface area contributed by atoms with Crippen molar-refractivity contribution in [3.63, 3.8) is 0 Å². The van der Waals surface area contributed by atoms with Gasteiger partial charge in [0.2, 0.25) is 0 Å². The Balaban J connectivity index is 2.35. The van der Waals surface area contributed by atoms with Gasteiger partial charge in [-0.05, 0) is 42.7 Å². The molecule has 0 spiro atoms. The van der Waals surface area contributed by atoms with Gasteiger partial charge in [-0.15, -0.1) is 0 Å². The lowest BCUT2D eigenvalue weighted by Crippen LogP contribution is -2.28. The SMILES string of the molecule is CC(C)(C(=O)O)c1ccc(-c2ccncc2)cc1. The van der Waals surface area contributed by atoms with E-state index in [4.69, 9.17) is 0 Å². The third kappa shape index (κ3) is 2.25. The second-order valence-electron chi connectivity index (χ2n) is 4.74. The van der Waals surface area contributed by atoms with Crippen LogP contribution in [0.2, 0.25) is 0 Å². The van der Waals surface area contributed by atoms with Crippen LogP contribution in [0, 0.1) is 0 Å². The highest BCUT2D eigenvalue weighted by atomic mass is 16.4. The molecular formula is C15H15NO2. The van der Waals surface area contributed by atoms with E-state index in [-0.39, 0.29) is 0 Å². The average Bonchev–Trinajstić information content (AvgIpc) is 2.40. The summed E-state index contributed by atoms with van der Waals surface area (Å²) in [7, 11) is 0. The first-order valence-electron chi connectivity index (χ1n) is 5.76. The maximum Gasteiger partial charge on any atom is 0.313 e. The highest BCUT2D eigenvalue weighted by molar-refractivity contribution is 5.80. The molecule has 2 rings (SSSR count). The van der Waals surface area contributed by atoms with Crippen molar-refractivity contribution in [1.29, 1.82) is 0 Å². The van der Waals surface area contributed by atoms with Crippen LogP contribution in [-0.2, 0) is 10.2 Å². The van der Waals surface area contributed by atoms with Crippen molar-refractivity contribution in [1.82, 2.24) is 4.98 Å². The summed E-state index contributed by atoms with van der Waals surface area (Å²) in [5.41, 5.74) is 2.07. The molecule has 2 aromatic rings. The zero-order valence-electron chi connectivity index (χ0n) is 10.4. The predicted octanol–water partition coefficient (Wildman–Crippen LogP) is 3.11. The standard InChI is InChI=1S/C15H15NO2/c1-15(2,14(17)18)13-5-3-11(4-6-13)12-7-9-16-10-8-12/h3-10H,1-2H3,(H,17,18). The Morgan fingerprint density at radius 2 is 1.50 bits per heavy atom.